The van der Waals surface area contributed by atoms with Crippen molar-refractivity contribution in [3.05, 3.63) is 128 Å². The first kappa shape index (κ1) is 31.8. The van der Waals surface area contributed by atoms with Crippen LogP contribution in [-0.2, 0) is 24.6 Å². The maximum Gasteiger partial charge on any atom is 0.246 e. The van der Waals surface area contributed by atoms with Gasteiger partial charge in [-0.2, -0.15) is 0 Å². The van der Waals surface area contributed by atoms with Crippen LogP contribution in [0.4, 0.5) is 11.4 Å². The summed E-state index contributed by atoms with van der Waals surface area (Å²) in [6.07, 6.45) is 2.49. The van der Waals surface area contributed by atoms with Crippen LogP contribution >= 0.6 is 34.2 Å². The van der Waals surface area contributed by atoms with E-state index in [2.05, 4.69) is 22.6 Å². The molecule has 0 radical (unpaired) electrons. The van der Waals surface area contributed by atoms with Crippen molar-refractivity contribution in [3.8, 4) is 11.5 Å². The fourth-order valence-electron chi connectivity index (χ4n) is 8.87. The van der Waals surface area contributed by atoms with Gasteiger partial charge in [0.1, 0.15) is 11.5 Å². The van der Waals surface area contributed by atoms with Crippen molar-refractivity contribution >= 4 is 69.2 Å². The summed E-state index contributed by atoms with van der Waals surface area (Å²) in [5, 5.41) is 10.9. The summed E-state index contributed by atoms with van der Waals surface area (Å²) in [4.78, 5) is 61.2. The molecule has 4 aliphatic rings. The molecule has 0 aromatic heterocycles. The highest BCUT2D eigenvalue weighted by molar-refractivity contribution is 14.1. The van der Waals surface area contributed by atoms with Crippen molar-refractivity contribution in [3.63, 3.8) is 0 Å². The van der Waals surface area contributed by atoms with Crippen molar-refractivity contribution in [2.75, 3.05) is 16.9 Å². The quantitative estimate of drug-likeness (QED) is 0.133. The van der Waals surface area contributed by atoms with Gasteiger partial charge in [0.15, 0.2) is 0 Å². The summed E-state index contributed by atoms with van der Waals surface area (Å²) in [5.41, 5.74) is 1.49. The van der Waals surface area contributed by atoms with E-state index in [1.165, 1.54) is 23.0 Å². The number of hydrogen-bond donors (Lipinski definition) is 1. The van der Waals surface area contributed by atoms with Gasteiger partial charge in [-0.05, 0) is 95.4 Å². The van der Waals surface area contributed by atoms with Gasteiger partial charge in [0.25, 0.3) is 0 Å². The third-order valence-electron chi connectivity index (χ3n) is 10.8. The molecule has 246 valence electrons. The summed E-state index contributed by atoms with van der Waals surface area (Å²) in [6.45, 7) is 0. The topological polar surface area (TPSA) is 104 Å². The van der Waals surface area contributed by atoms with Crippen LogP contribution in [0.1, 0.15) is 29.9 Å². The zero-order valence-electron chi connectivity index (χ0n) is 26.3. The third-order valence-corrected chi connectivity index (χ3v) is 11.7. The number of imide groups is 2. The van der Waals surface area contributed by atoms with E-state index < -0.39 is 46.8 Å². The smallest absolute Gasteiger partial charge is 0.246 e. The number of anilines is 2. The predicted octanol–water partition coefficient (Wildman–Crippen LogP) is 7.03. The minimum atomic E-state index is -1.44. The Balaban J connectivity index is 1.37. The van der Waals surface area contributed by atoms with Crippen LogP contribution in [-0.4, -0.2) is 35.8 Å². The van der Waals surface area contributed by atoms with Gasteiger partial charge in [-0.15, -0.1) is 0 Å². The Morgan fingerprint density at radius 2 is 1.57 bits per heavy atom. The Hall–Kier alpha value is -4.48. The van der Waals surface area contributed by atoms with Gasteiger partial charge in [0.2, 0.25) is 23.6 Å². The lowest BCUT2D eigenvalue weighted by Gasteiger charge is -2.51. The molecule has 8 rings (SSSR count). The summed E-state index contributed by atoms with van der Waals surface area (Å²) >= 11 is 8.57. The first-order valence-electron chi connectivity index (χ1n) is 16.1. The zero-order chi connectivity index (χ0) is 34.2. The lowest BCUT2D eigenvalue weighted by atomic mass is 9.49. The number of hydrogen-bond acceptors (Lipinski definition) is 6. The molecule has 2 aliphatic heterocycles. The Labute approximate surface area is 301 Å². The molecule has 4 amide bonds. The zero-order valence-corrected chi connectivity index (χ0v) is 29.2. The number of phenolic OH excluding ortho intramolecular Hbond substituents is 1. The summed E-state index contributed by atoms with van der Waals surface area (Å²) in [5.74, 6) is -4.58. The molecule has 1 N–H and O–H groups in total. The second-order valence-corrected chi connectivity index (χ2v) is 14.7. The second kappa shape index (κ2) is 11.8. The Kier molecular flexibility index (Phi) is 7.68. The second-order valence-electron chi connectivity index (χ2n) is 13.0. The molecule has 1 saturated carbocycles. The van der Waals surface area contributed by atoms with Gasteiger partial charge in [0, 0.05) is 26.1 Å². The van der Waals surface area contributed by atoms with Crippen molar-refractivity contribution in [2.45, 2.75) is 24.2 Å². The third kappa shape index (κ3) is 4.61. The fraction of sp³-hybridized carbons (Fsp3) is 0.231. The van der Waals surface area contributed by atoms with Gasteiger partial charge >= 0.3 is 0 Å². The van der Waals surface area contributed by atoms with Gasteiger partial charge < -0.3 is 9.84 Å². The molecule has 4 aromatic rings. The van der Waals surface area contributed by atoms with Crippen molar-refractivity contribution in [1.29, 1.82) is 0 Å². The molecule has 4 aromatic carbocycles. The minimum absolute atomic E-state index is 0.0185. The van der Waals surface area contributed by atoms with E-state index in [1.54, 1.807) is 48.5 Å². The maximum atomic E-state index is 15.3. The number of nitrogens with zero attached hydrogens (tertiary/aromatic N) is 2. The molecule has 3 fully saturated rings. The summed E-state index contributed by atoms with van der Waals surface area (Å²) in [6, 6.07) is 28.0. The molecule has 0 bridgehead atoms. The van der Waals surface area contributed by atoms with Crippen LogP contribution in [0.3, 0.4) is 0 Å². The number of carbonyl (C=O) groups is 4. The first-order valence-corrected chi connectivity index (χ1v) is 17.5. The first-order chi connectivity index (χ1) is 23.7. The van der Waals surface area contributed by atoms with Crippen molar-refractivity contribution in [1.82, 2.24) is 0 Å². The number of rotatable bonds is 5. The monoisotopic (exact) mass is 784 g/mol. The molecule has 6 unspecified atom stereocenters. The molecule has 6 atom stereocenters. The molecule has 10 heteroatoms. The van der Waals surface area contributed by atoms with Gasteiger partial charge in [-0.25, -0.2) is 4.90 Å². The fourth-order valence-corrected chi connectivity index (χ4v) is 9.42. The number of benzene rings is 4. The van der Waals surface area contributed by atoms with Crippen LogP contribution in [0, 0.1) is 27.2 Å². The average molecular weight is 785 g/mol. The maximum absolute atomic E-state index is 15.3. The Morgan fingerprint density at radius 1 is 0.816 bits per heavy atom. The van der Waals surface area contributed by atoms with E-state index in [1.807, 2.05) is 48.5 Å². The standard InChI is InChI=1S/C39H30ClIN2O6/c1-49-32-19-26(44)14-15-28(32)34-27-16-17-29-33(37(47)42(35(29)45)24-12-10-23(41)11-13-24)30(27)20-31-36(46)43(25-9-5-8-22(40)18-25)38(48)39(31,34)21-6-3-2-4-7-21/h2-16,18-19,29-31,33-34,44H,17,20H2,1H3. The van der Waals surface area contributed by atoms with E-state index in [0.29, 0.717) is 39.7 Å². The molecule has 0 spiro atoms. The van der Waals surface area contributed by atoms with Gasteiger partial charge in [0.05, 0.1) is 41.7 Å². The number of fused-ring (bicyclic) bond motifs is 4. The highest BCUT2D eigenvalue weighted by atomic mass is 127. The van der Waals surface area contributed by atoms with Crippen LogP contribution in [0.5, 0.6) is 11.5 Å². The van der Waals surface area contributed by atoms with Crippen LogP contribution in [0.15, 0.2) is 109 Å². The number of amides is 4. The van der Waals surface area contributed by atoms with E-state index in [9.17, 15) is 19.5 Å². The van der Waals surface area contributed by atoms with E-state index >= 15 is 4.79 Å². The van der Waals surface area contributed by atoms with E-state index in [4.69, 9.17) is 16.3 Å². The molecule has 2 aliphatic carbocycles. The number of ether oxygens (including phenoxy) is 1. The number of allylic oxidation sites excluding steroid dienone is 2. The Bertz CT molecular complexity index is 2080. The number of carbonyl (C=O) groups excluding carboxylic acids is 4. The molecule has 2 heterocycles. The predicted molar refractivity (Wildman–Crippen MR) is 192 cm³/mol. The number of aromatic hydroxyl groups is 1. The highest BCUT2D eigenvalue weighted by Crippen LogP contribution is 2.65. The number of phenols is 1. The normalized spacial score (nSPS) is 27.5. The number of halogens is 2. The minimum Gasteiger partial charge on any atom is -0.508 e. The van der Waals surface area contributed by atoms with Crippen molar-refractivity contribution < 1.29 is 29.0 Å². The average Bonchev–Trinajstić information content (AvgIpc) is 3.50. The Morgan fingerprint density at radius 3 is 2.29 bits per heavy atom. The highest BCUT2D eigenvalue weighted by Gasteiger charge is 2.70. The van der Waals surface area contributed by atoms with E-state index in [0.717, 1.165) is 9.14 Å². The van der Waals surface area contributed by atoms with Crippen LogP contribution in [0.25, 0.3) is 0 Å². The van der Waals surface area contributed by atoms with Crippen molar-refractivity contribution in [2.24, 2.45) is 23.7 Å². The lowest BCUT2D eigenvalue weighted by molar-refractivity contribution is -0.127. The van der Waals surface area contributed by atoms with Crippen LogP contribution < -0.4 is 14.5 Å². The summed E-state index contributed by atoms with van der Waals surface area (Å²) in [7, 11) is 1.49. The SMILES string of the molecule is COc1cc(O)ccc1C1C2=CCC3C(=O)N(c4ccc(I)cc4)C(=O)C3C2CC2C(=O)N(c3cccc(Cl)c3)C(=O)C21c1ccccc1. The van der Waals surface area contributed by atoms with Gasteiger partial charge in [-0.1, -0.05) is 65.7 Å². The molecule has 49 heavy (non-hydrogen) atoms. The van der Waals surface area contributed by atoms with E-state index in [-0.39, 0.29) is 24.0 Å². The lowest BCUT2D eigenvalue weighted by Crippen LogP contribution is -2.53. The summed E-state index contributed by atoms with van der Waals surface area (Å²) < 4.78 is 6.82. The van der Waals surface area contributed by atoms with Crippen LogP contribution in [0.2, 0.25) is 5.02 Å². The molecule has 8 nitrogen and oxygen atoms in total. The number of methoxy groups -OCH3 is 1. The molecule has 2 saturated heterocycles. The molecular weight excluding hydrogens is 755 g/mol. The van der Waals surface area contributed by atoms with Gasteiger partial charge in [-0.3, -0.25) is 24.1 Å². The molecular formula is C39H30ClIN2O6. The largest absolute Gasteiger partial charge is 0.508 e.